The average Bonchev–Trinajstić information content (AvgIpc) is 2.70. The normalized spacial score (nSPS) is 16.4. The molecule has 1 aliphatic rings. The highest BCUT2D eigenvalue weighted by molar-refractivity contribution is 6.13. The maximum atomic E-state index is 11.3. The summed E-state index contributed by atoms with van der Waals surface area (Å²) in [5.41, 5.74) is 1.08. The van der Waals surface area contributed by atoms with Crippen LogP contribution in [0, 0.1) is 0 Å². The molecule has 5 nitrogen and oxygen atoms in total. The van der Waals surface area contributed by atoms with Crippen LogP contribution in [0.5, 0.6) is 5.75 Å². The zero-order chi connectivity index (χ0) is 13.7. The Bertz CT molecular complexity index is 506. The molecule has 1 aromatic carbocycles. The van der Waals surface area contributed by atoms with Crippen molar-refractivity contribution in [3.8, 4) is 5.75 Å². The van der Waals surface area contributed by atoms with Gasteiger partial charge in [-0.25, -0.2) is 4.79 Å². The summed E-state index contributed by atoms with van der Waals surface area (Å²) in [4.78, 5) is 22.3. The first-order chi connectivity index (χ1) is 9.19. The number of unbranched alkanes of at least 4 members (excludes halogenated alkanes) is 1. The fourth-order valence-electron chi connectivity index (χ4n) is 1.64. The number of carbonyl (C=O) groups is 2. The predicted octanol–water partition coefficient (Wildman–Crippen LogP) is 2.05. The second kappa shape index (κ2) is 6.04. The summed E-state index contributed by atoms with van der Waals surface area (Å²) in [7, 11) is 0. The molecule has 1 aliphatic heterocycles. The van der Waals surface area contributed by atoms with E-state index in [1.54, 1.807) is 6.08 Å². The predicted molar refractivity (Wildman–Crippen MR) is 71.5 cm³/mol. The van der Waals surface area contributed by atoms with Crippen molar-refractivity contribution in [2.45, 2.75) is 19.8 Å². The Balaban J connectivity index is 2.00. The third-order valence-corrected chi connectivity index (χ3v) is 2.68. The van der Waals surface area contributed by atoms with Crippen LogP contribution in [0.2, 0.25) is 0 Å². The number of hydrogen-bond acceptors (Lipinski definition) is 3. The SMILES string of the molecule is CCCCOc1ccc(C=C2NC(=O)NC2=O)cc1. The van der Waals surface area contributed by atoms with E-state index in [4.69, 9.17) is 4.74 Å². The van der Waals surface area contributed by atoms with Crippen molar-refractivity contribution < 1.29 is 14.3 Å². The third kappa shape index (κ3) is 3.58. The number of nitrogens with one attached hydrogen (secondary N) is 2. The van der Waals surface area contributed by atoms with E-state index >= 15 is 0 Å². The standard InChI is InChI=1S/C14H16N2O3/c1-2-3-8-19-11-6-4-10(5-7-11)9-12-13(17)16-14(18)15-12/h4-7,9H,2-3,8H2,1H3,(H2,15,16,17,18). The Morgan fingerprint density at radius 3 is 2.47 bits per heavy atom. The van der Waals surface area contributed by atoms with Crippen molar-refractivity contribution in [3.05, 3.63) is 35.5 Å². The van der Waals surface area contributed by atoms with Crippen molar-refractivity contribution in [3.63, 3.8) is 0 Å². The van der Waals surface area contributed by atoms with Crippen LogP contribution in [-0.2, 0) is 4.79 Å². The minimum absolute atomic E-state index is 0.254. The van der Waals surface area contributed by atoms with E-state index in [1.807, 2.05) is 24.3 Å². The Hall–Kier alpha value is -2.30. The fourth-order valence-corrected chi connectivity index (χ4v) is 1.64. The summed E-state index contributed by atoms with van der Waals surface area (Å²) in [5, 5.41) is 4.59. The molecule has 19 heavy (non-hydrogen) atoms. The molecule has 0 atom stereocenters. The van der Waals surface area contributed by atoms with Gasteiger partial charge < -0.3 is 10.1 Å². The Labute approximate surface area is 111 Å². The molecule has 3 amide bonds. The maximum absolute atomic E-state index is 11.3. The van der Waals surface area contributed by atoms with Crippen molar-refractivity contribution >= 4 is 18.0 Å². The van der Waals surface area contributed by atoms with Gasteiger partial charge in [0.1, 0.15) is 11.4 Å². The lowest BCUT2D eigenvalue weighted by atomic mass is 10.2. The number of urea groups is 1. The summed E-state index contributed by atoms with van der Waals surface area (Å²) in [6.45, 7) is 2.81. The van der Waals surface area contributed by atoms with Gasteiger partial charge in [-0.05, 0) is 30.2 Å². The van der Waals surface area contributed by atoms with Crippen LogP contribution in [0.3, 0.4) is 0 Å². The molecule has 100 valence electrons. The van der Waals surface area contributed by atoms with Crippen molar-refractivity contribution in [1.82, 2.24) is 10.6 Å². The van der Waals surface area contributed by atoms with Gasteiger partial charge in [-0.2, -0.15) is 0 Å². The summed E-state index contributed by atoms with van der Waals surface area (Å²) in [6, 6.07) is 6.88. The second-order valence-corrected chi connectivity index (χ2v) is 4.24. The van der Waals surface area contributed by atoms with Gasteiger partial charge in [0.25, 0.3) is 5.91 Å². The summed E-state index contributed by atoms with van der Waals surface area (Å²) in [6.07, 6.45) is 3.74. The minimum Gasteiger partial charge on any atom is -0.494 e. The molecule has 0 radical (unpaired) electrons. The summed E-state index contributed by atoms with van der Waals surface area (Å²) < 4.78 is 5.54. The van der Waals surface area contributed by atoms with Crippen LogP contribution in [0.1, 0.15) is 25.3 Å². The van der Waals surface area contributed by atoms with Gasteiger partial charge in [0, 0.05) is 0 Å². The van der Waals surface area contributed by atoms with Gasteiger partial charge in [0.15, 0.2) is 0 Å². The number of carbonyl (C=O) groups excluding carboxylic acids is 2. The van der Waals surface area contributed by atoms with E-state index in [9.17, 15) is 9.59 Å². The van der Waals surface area contributed by atoms with Gasteiger partial charge in [-0.3, -0.25) is 10.1 Å². The molecule has 0 aliphatic carbocycles. The Morgan fingerprint density at radius 1 is 1.16 bits per heavy atom. The highest BCUT2D eigenvalue weighted by atomic mass is 16.5. The van der Waals surface area contributed by atoms with Crippen LogP contribution >= 0.6 is 0 Å². The molecular weight excluding hydrogens is 244 g/mol. The minimum atomic E-state index is -0.490. The van der Waals surface area contributed by atoms with Gasteiger partial charge in [-0.15, -0.1) is 0 Å². The quantitative estimate of drug-likeness (QED) is 0.483. The van der Waals surface area contributed by atoms with Crippen LogP contribution in [0.15, 0.2) is 30.0 Å². The molecule has 1 fully saturated rings. The molecule has 0 spiro atoms. The molecule has 0 bridgehead atoms. The van der Waals surface area contributed by atoms with E-state index in [0.29, 0.717) is 6.61 Å². The number of ether oxygens (including phenoxy) is 1. The average molecular weight is 260 g/mol. The zero-order valence-corrected chi connectivity index (χ0v) is 10.7. The fraction of sp³-hybridized carbons (Fsp3) is 0.286. The van der Waals surface area contributed by atoms with E-state index < -0.39 is 11.9 Å². The number of amides is 3. The lowest BCUT2D eigenvalue weighted by molar-refractivity contribution is -0.115. The van der Waals surface area contributed by atoms with Crippen LogP contribution < -0.4 is 15.4 Å². The maximum Gasteiger partial charge on any atom is 0.326 e. The lowest BCUT2D eigenvalue weighted by Gasteiger charge is -2.05. The molecule has 1 aromatic rings. The Kier molecular flexibility index (Phi) is 4.18. The van der Waals surface area contributed by atoms with Gasteiger partial charge in [0.05, 0.1) is 6.61 Å². The molecule has 0 aromatic heterocycles. The van der Waals surface area contributed by atoms with Gasteiger partial charge in [0.2, 0.25) is 0 Å². The zero-order valence-electron chi connectivity index (χ0n) is 10.7. The molecule has 2 rings (SSSR count). The number of benzene rings is 1. The topological polar surface area (TPSA) is 67.4 Å². The highest BCUT2D eigenvalue weighted by Gasteiger charge is 2.22. The first-order valence-electron chi connectivity index (χ1n) is 6.26. The summed E-state index contributed by atoms with van der Waals surface area (Å²) >= 11 is 0. The van der Waals surface area contributed by atoms with E-state index in [2.05, 4.69) is 17.6 Å². The third-order valence-electron chi connectivity index (χ3n) is 2.68. The molecule has 5 heteroatoms. The Morgan fingerprint density at radius 2 is 1.89 bits per heavy atom. The van der Waals surface area contributed by atoms with Crippen molar-refractivity contribution in [2.24, 2.45) is 0 Å². The van der Waals surface area contributed by atoms with Gasteiger partial charge in [-0.1, -0.05) is 25.5 Å². The highest BCUT2D eigenvalue weighted by Crippen LogP contribution is 2.15. The lowest BCUT2D eigenvalue weighted by Crippen LogP contribution is -2.22. The van der Waals surface area contributed by atoms with Crippen LogP contribution in [-0.4, -0.2) is 18.5 Å². The number of rotatable bonds is 5. The van der Waals surface area contributed by atoms with Crippen molar-refractivity contribution in [1.29, 1.82) is 0 Å². The molecular formula is C14H16N2O3. The smallest absolute Gasteiger partial charge is 0.326 e. The number of hydrogen-bond donors (Lipinski definition) is 2. The van der Waals surface area contributed by atoms with E-state index in [-0.39, 0.29) is 5.70 Å². The van der Waals surface area contributed by atoms with Crippen LogP contribution in [0.25, 0.3) is 6.08 Å². The van der Waals surface area contributed by atoms with Crippen LogP contribution in [0.4, 0.5) is 4.79 Å². The molecule has 1 saturated heterocycles. The molecule has 0 unspecified atom stereocenters. The monoisotopic (exact) mass is 260 g/mol. The first-order valence-corrected chi connectivity index (χ1v) is 6.26. The molecule has 1 heterocycles. The van der Waals surface area contributed by atoms with Crippen molar-refractivity contribution in [2.75, 3.05) is 6.61 Å². The van der Waals surface area contributed by atoms with E-state index in [0.717, 1.165) is 24.2 Å². The molecule has 2 N–H and O–H groups in total. The largest absolute Gasteiger partial charge is 0.494 e. The van der Waals surface area contributed by atoms with Gasteiger partial charge >= 0.3 is 6.03 Å². The molecule has 0 saturated carbocycles. The first kappa shape index (κ1) is 13.1. The summed E-state index contributed by atoms with van der Waals surface area (Å²) in [5.74, 6) is 0.392. The number of imide groups is 1. The second-order valence-electron chi connectivity index (χ2n) is 4.24. The van der Waals surface area contributed by atoms with E-state index in [1.165, 1.54) is 0 Å².